The molecule has 3 atom stereocenters. The molecule has 2 fully saturated rings. The summed E-state index contributed by atoms with van der Waals surface area (Å²) >= 11 is 0. The smallest absolute Gasteiger partial charge is 0.318 e. The Balaban J connectivity index is 1.25. The molecular formula is C23H26F3N7O. The Morgan fingerprint density at radius 1 is 1.09 bits per heavy atom. The average Bonchev–Trinajstić information content (AvgIpc) is 3.33. The molecule has 0 aromatic carbocycles. The van der Waals surface area contributed by atoms with Gasteiger partial charge in [-0.15, -0.1) is 0 Å². The SMILES string of the molecule is Cn1cc(-c2cc3cc(NC(=O)N4[C@@H]5CC[C@H]4CC(NCCC(F)(F)F)C5)ncc3cn2)cn1. The van der Waals surface area contributed by atoms with E-state index in [0.29, 0.717) is 18.7 Å². The Morgan fingerprint density at radius 3 is 2.50 bits per heavy atom. The summed E-state index contributed by atoms with van der Waals surface area (Å²) < 4.78 is 39.0. The van der Waals surface area contributed by atoms with Gasteiger partial charge in [0.1, 0.15) is 5.82 Å². The first kappa shape index (κ1) is 22.6. The number of nitrogens with one attached hydrogen (secondary N) is 2. The van der Waals surface area contributed by atoms with Crippen molar-refractivity contribution in [2.45, 2.75) is 56.4 Å². The summed E-state index contributed by atoms with van der Waals surface area (Å²) in [5, 5.41) is 11.9. The van der Waals surface area contributed by atoms with E-state index < -0.39 is 12.6 Å². The number of aromatic nitrogens is 4. The monoisotopic (exact) mass is 473 g/mol. The molecule has 2 aliphatic heterocycles. The first-order chi connectivity index (χ1) is 16.2. The van der Waals surface area contributed by atoms with Crippen LogP contribution in [0.15, 0.2) is 36.9 Å². The number of halogens is 3. The van der Waals surface area contributed by atoms with Crippen molar-refractivity contribution >= 4 is 22.6 Å². The molecule has 34 heavy (non-hydrogen) atoms. The number of amides is 2. The second kappa shape index (κ2) is 8.86. The molecule has 2 aliphatic rings. The fourth-order valence-electron chi connectivity index (χ4n) is 5.09. The largest absolute Gasteiger partial charge is 0.390 e. The van der Waals surface area contributed by atoms with Crippen LogP contribution in [-0.4, -0.2) is 61.5 Å². The van der Waals surface area contributed by atoms with E-state index in [1.54, 1.807) is 23.3 Å². The highest BCUT2D eigenvalue weighted by atomic mass is 19.4. The van der Waals surface area contributed by atoms with Gasteiger partial charge in [0.2, 0.25) is 0 Å². The predicted molar refractivity (Wildman–Crippen MR) is 121 cm³/mol. The minimum absolute atomic E-state index is 0.00101. The molecule has 5 heterocycles. The summed E-state index contributed by atoms with van der Waals surface area (Å²) in [5.74, 6) is 0.450. The molecule has 0 spiro atoms. The van der Waals surface area contributed by atoms with Gasteiger partial charge in [0, 0.05) is 61.3 Å². The van der Waals surface area contributed by atoms with Crippen molar-refractivity contribution in [2.24, 2.45) is 7.05 Å². The molecule has 0 saturated carbocycles. The Kier molecular flexibility index (Phi) is 5.88. The number of hydrogen-bond donors (Lipinski definition) is 2. The van der Waals surface area contributed by atoms with E-state index in [1.807, 2.05) is 30.3 Å². The highest BCUT2D eigenvalue weighted by molar-refractivity contribution is 5.93. The first-order valence-electron chi connectivity index (χ1n) is 11.4. The lowest BCUT2D eigenvalue weighted by molar-refractivity contribution is -0.133. The van der Waals surface area contributed by atoms with Crippen LogP contribution in [0.25, 0.3) is 22.0 Å². The van der Waals surface area contributed by atoms with Gasteiger partial charge in [-0.3, -0.25) is 15.0 Å². The first-order valence-corrected chi connectivity index (χ1v) is 11.4. The van der Waals surface area contributed by atoms with Crippen molar-refractivity contribution < 1.29 is 18.0 Å². The highest BCUT2D eigenvalue weighted by Crippen LogP contribution is 2.36. The number of aryl methyl sites for hydroxylation is 1. The van der Waals surface area contributed by atoms with Crippen molar-refractivity contribution in [3.63, 3.8) is 0 Å². The molecule has 180 valence electrons. The molecule has 8 nitrogen and oxygen atoms in total. The lowest BCUT2D eigenvalue weighted by atomic mass is 9.97. The van der Waals surface area contributed by atoms with Crippen molar-refractivity contribution in [1.29, 1.82) is 0 Å². The number of rotatable bonds is 5. The van der Waals surface area contributed by atoms with Gasteiger partial charge in [-0.1, -0.05) is 0 Å². The minimum Gasteiger partial charge on any atom is -0.318 e. The van der Waals surface area contributed by atoms with E-state index in [9.17, 15) is 18.0 Å². The van der Waals surface area contributed by atoms with E-state index >= 15 is 0 Å². The Labute approximate surface area is 194 Å². The molecule has 0 radical (unpaired) electrons. The second-order valence-electron chi connectivity index (χ2n) is 9.10. The van der Waals surface area contributed by atoms with Crippen LogP contribution >= 0.6 is 0 Å². The number of hydrogen-bond acceptors (Lipinski definition) is 5. The van der Waals surface area contributed by atoms with Gasteiger partial charge in [0.05, 0.1) is 18.3 Å². The standard InChI is InChI=1S/C23H26F3N7O/c1-32-13-16(12-30-32)20-6-14-7-21(29-11-15(14)10-28-20)31-22(34)33-18-2-3-19(33)9-17(8-18)27-5-4-23(24,25)26/h6-7,10-13,17-19,27H,2-5,8-9H2,1H3,(H,29,31,34)/t17?,18-,19+. The molecule has 3 aromatic heterocycles. The van der Waals surface area contributed by atoms with Gasteiger partial charge in [0.25, 0.3) is 0 Å². The number of piperidine rings is 1. The second-order valence-corrected chi connectivity index (χ2v) is 9.10. The number of fused-ring (bicyclic) bond motifs is 3. The van der Waals surface area contributed by atoms with Gasteiger partial charge in [0.15, 0.2) is 0 Å². The van der Waals surface area contributed by atoms with Crippen LogP contribution in [-0.2, 0) is 7.05 Å². The molecule has 1 unspecified atom stereocenters. The van der Waals surface area contributed by atoms with Gasteiger partial charge < -0.3 is 10.2 Å². The van der Waals surface area contributed by atoms with Crippen LogP contribution in [0, 0.1) is 0 Å². The molecule has 2 bridgehead atoms. The molecular weight excluding hydrogens is 447 g/mol. The summed E-state index contributed by atoms with van der Waals surface area (Å²) in [6, 6.07) is 3.58. The van der Waals surface area contributed by atoms with Gasteiger partial charge in [-0.2, -0.15) is 18.3 Å². The van der Waals surface area contributed by atoms with Crippen molar-refractivity contribution in [3.8, 4) is 11.3 Å². The van der Waals surface area contributed by atoms with E-state index in [0.717, 1.165) is 34.9 Å². The molecule has 11 heteroatoms. The van der Waals surface area contributed by atoms with E-state index in [4.69, 9.17) is 0 Å². The topological polar surface area (TPSA) is 88.0 Å². The number of nitrogens with zero attached hydrogens (tertiary/aromatic N) is 5. The summed E-state index contributed by atoms with van der Waals surface area (Å²) in [5.41, 5.74) is 1.68. The maximum atomic E-state index is 13.1. The highest BCUT2D eigenvalue weighted by Gasteiger charge is 2.43. The quantitative estimate of drug-likeness (QED) is 0.583. The summed E-state index contributed by atoms with van der Waals surface area (Å²) in [7, 11) is 1.84. The van der Waals surface area contributed by atoms with Crippen LogP contribution in [0.5, 0.6) is 0 Å². The Bertz CT molecular complexity index is 1180. The van der Waals surface area contributed by atoms with Crippen LogP contribution in [0.1, 0.15) is 32.1 Å². The van der Waals surface area contributed by atoms with Crippen molar-refractivity contribution in [3.05, 3.63) is 36.9 Å². The van der Waals surface area contributed by atoms with E-state index in [-0.39, 0.29) is 30.7 Å². The van der Waals surface area contributed by atoms with E-state index in [2.05, 4.69) is 25.7 Å². The molecule has 2 N–H and O–H groups in total. The fourth-order valence-corrected chi connectivity index (χ4v) is 5.09. The van der Waals surface area contributed by atoms with E-state index in [1.165, 1.54) is 0 Å². The Morgan fingerprint density at radius 2 is 1.82 bits per heavy atom. The minimum atomic E-state index is -4.16. The van der Waals surface area contributed by atoms with Crippen LogP contribution in [0.3, 0.4) is 0 Å². The zero-order valence-electron chi connectivity index (χ0n) is 18.7. The number of anilines is 1. The lowest BCUT2D eigenvalue weighted by Crippen LogP contribution is -2.53. The summed E-state index contributed by atoms with van der Waals surface area (Å²) in [4.78, 5) is 23.8. The number of alkyl halides is 3. The zero-order valence-corrected chi connectivity index (χ0v) is 18.7. The van der Waals surface area contributed by atoms with Crippen LogP contribution < -0.4 is 10.6 Å². The Hall–Kier alpha value is -3.21. The van der Waals surface area contributed by atoms with Crippen molar-refractivity contribution in [1.82, 2.24) is 30.0 Å². The van der Waals surface area contributed by atoms with Crippen molar-refractivity contribution in [2.75, 3.05) is 11.9 Å². The molecule has 2 amide bonds. The number of pyridine rings is 2. The van der Waals surface area contributed by atoms with Gasteiger partial charge in [-0.05, 0) is 43.2 Å². The van der Waals surface area contributed by atoms with Gasteiger partial charge in [-0.25, -0.2) is 9.78 Å². The molecule has 3 aromatic rings. The third-order valence-corrected chi connectivity index (χ3v) is 6.65. The molecule has 5 rings (SSSR count). The maximum absolute atomic E-state index is 13.1. The predicted octanol–water partition coefficient (Wildman–Crippen LogP) is 4.10. The van der Waals surface area contributed by atoms with Crippen LogP contribution in [0.2, 0.25) is 0 Å². The lowest BCUT2D eigenvalue weighted by Gasteiger charge is -2.39. The fraction of sp³-hybridized carbons (Fsp3) is 0.478. The van der Waals surface area contributed by atoms with Gasteiger partial charge >= 0.3 is 12.2 Å². The average molecular weight is 474 g/mol. The third-order valence-electron chi connectivity index (χ3n) is 6.65. The normalized spacial score (nSPS) is 22.4. The number of urea groups is 1. The maximum Gasteiger partial charge on any atom is 0.390 e. The zero-order chi connectivity index (χ0) is 23.9. The summed E-state index contributed by atoms with van der Waals surface area (Å²) in [6.45, 7) is -0.0866. The van der Waals surface area contributed by atoms with Crippen LogP contribution in [0.4, 0.5) is 23.8 Å². The summed E-state index contributed by atoms with van der Waals surface area (Å²) in [6.07, 6.45) is 5.10. The third kappa shape index (κ3) is 4.84. The number of carbonyl (C=O) groups excluding carboxylic acids is 1. The molecule has 2 saturated heterocycles. The number of carbonyl (C=O) groups is 1. The molecule has 0 aliphatic carbocycles.